The van der Waals surface area contributed by atoms with Gasteiger partial charge in [0, 0.05) is 16.2 Å². The van der Waals surface area contributed by atoms with E-state index < -0.39 is 0 Å². The highest BCUT2D eigenvalue weighted by Gasteiger charge is 2.10. The molecule has 2 N–H and O–H groups in total. The molecule has 0 radical (unpaired) electrons. The molecule has 0 aromatic heterocycles. The van der Waals surface area contributed by atoms with Crippen molar-refractivity contribution in [2.24, 2.45) is 0 Å². The number of hydrogen-bond acceptors (Lipinski definition) is 1. The van der Waals surface area contributed by atoms with E-state index in [1.54, 1.807) is 0 Å². The molecule has 2 nitrogen and oxygen atoms in total. The normalized spacial score (nSPS) is 10.9. The van der Waals surface area contributed by atoms with E-state index in [0.29, 0.717) is 10.1 Å². The Hall–Kier alpha value is -0.800. The van der Waals surface area contributed by atoms with Gasteiger partial charge in [-0.15, -0.1) is 0 Å². The van der Waals surface area contributed by atoms with Crippen molar-refractivity contribution in [1.29, 1.82) is 0 Å². The van der Waals surface area contributed by atoms with E-state index in [2.05, 4.69) is 31.4 Å². The summed E-state index contributed by atoms with van der Waals surface area (Å²) in [6.07, 6.45) is 0. The van der Waals surface area contributed by atoms with Gasteiger partial charge in [0.1, 0.15) is 0 Å². The maximum absolute atomic E-state index is 5.86. The molecule has 1 rings (SSSR count). The number of hydrogen-bond donors (Lipinski definition) is 2. The van der Waals surface area contributed by atoms with E-state index in [1.165, 1.54) is 0 Å². The molecule has 4 heteroatoms. The van der Waals surface area contributed by atoms with Crippen LogP contribution in [0.15, 0.2) is 24.3 Å². The summed E-state index contributed by atoms with van der Waals surface area (Å²) in [6, 6.07) is 7.46. The summed E-state index contributed by atoms with van der Waals surface area (Å²) >= 11 is 11.0. The highest BCUT2D eigenvalue weighted by atomic mass is 35.5. The second-order valence-corrected chi connectivity index (χ2v) is 5.18. The smallest absolute Gasteiger partial charge is 0.171 e. The highest BCUT2D eigenvalue weighted by Crippen LogP contribution is 2.14. The van der Waals surface area contributed by atoms with Crippen LogP contribution in [0, 0.1) is 0 Å². The van der Waals surface area contributed by atoms with E-state index >= 15 is 0 Å². The summed E-state index contributed by atoms with van der Waals surface area (Å²) in [4.78, 5) is 0. The molecular formula is C11H15ClN2S. The summed E-state index contributed by atoms with van der Waals surface area (Å²) in [6.45, 7) is 6.16. The van der Waals surface area contributed by atoms with Gasteiger partial charge >= 0.3 is 0 Å². The van der Waals surface area contributed by atoms with Crippen molar-refractivity contribution in [1.82, 2.24) is 5.32 Å². The fourth-order valence-corrected chi connectivity index (χ4v) is 1.68. The van der Waals surface area contributed by atoms with E-state index in [4.69, 9.17) is 23.8 Å². The fraction of sp³-hybridized carbons (Fsp3) is 0.364. The van der Waals surface area contributed by atoms with E-state index in [-0.39, 0.29) is 5.54 Å². The molecule has 0 fully saturated rings. The Morgan fingerprint density at radius 1 is 1.33 bits per heavy atom. The first-order valence-corrected chi connectivity index (χ1v) is 5.50. The standard InChI is InChI=1S/C11H15ClN2S/c1-11(2,3)14-10(15)13-9-6-4-5-8(12)7-9/h4-7H,1-3H3,(H2,13,14,15). The minimum atomic E-state index is -0.0390. The monoisotopic (exact) mass is 242 g/mol. The van der Waals surface area contributed by atoms with Gasteiger partial charge in [0.2, 0.25) is 0 Å². The molecule has 0 atom stereocenters. The molecule has 0 aliphatic rings. The predicted octanol–water partition coefficient (Wildman–Crippen LogP) is 3.42. The van der Waals surface area contributed by atoms with Crippen LogP contribution in [0.5, 0.6) is 0 Å². The van der Waals surface area contributed by atoms with E-state index in [9.17, 15) is 0 Å². The Morgan fingerprint density at radius 3 is 2.53 bits per heavy atom. The van der Waals surface area contributed by atoms with Gasteiger partial charge in [0.25, 0.3) is 0 Å². The molecule has 0 unspecified atom stereocenters. The van der Waals surface area contributed by atoms with Crippen molar-refractivity contribution in [3.63, 3.8) is 0 Å². The number of benzene rings is 1. The molecule has 0 aliphatic carbocycles. The van der Waals surface area contributed by atoms with Gasteiger partial charge in [-0.3, -0.25) is 0 Å². The molecule has 0 amide bonds. The van der Waals surface area contributed by atoms with Crippen molar-refractivity contribution >= 4 is 34.6 Å². The molecule has 82 valence electrons. The Bertz CT molecular complexity index is 358. The summed E-state index contributed by atoms with van der Waals surface area (Å²) in [5.74, 6) is 0. The van der Waals surface area contributed by atoms with Gasteiger partial charge < -0.3 is 10.6 Å². The maximum atomic E-state index is 5.86. The lowest BCUT2D eigenvalue weighted by atomic mass is 10.1. The summed E-state index contributed by atoms with van der Waals surface area (Å²) in [5, 5.41) is 7.53. The van der Waals surface area contributed by atoms with Crippen LogP contribution in [-0.2, 0) is 0 Å². The van der Waals surface area contributed by atoms with Crippen LogP contribution < -0.4 is 10.6 Å². The van der Waals surface area contributed by atoms with Crippen LogP contribution >= 0.6 is 23.8 Å². The lowest BCUT2D eigenvalue weighted by molar-refractivity contribution is 0.515. The SMILES string of the molecule is CC(C)(C)NC(=S)Nc1cccc(Cl)c1. The van der Waals surface area contributed by atoms with Crippen molar-refractivity contribution in [3.8, 4) is 0 Å². The molecule has 1 aromatic carbocycles. The first kappa shape index (κ1) is 12.3. The van der Waals surface area contributed by atoms with Gasteiger partial charge in [0.15, 0.2) is 5.11 Å². The number of thiocarbonyl (C=S) groups is 1. The predicted molar refractivity (Wildman–Crippen MR) is 70.6 cm³/mol. The van der Waals surface area contributed by atoms with Crippen molar-refractivity contribution < 1.29 is 0 Å². The minimum absolute atomic E-state index is 0.0390. The Balaban J connectivity index is 2.59. The third kappa shape index (κ3) is 5.00. The van der Waals surface area contributed by atoms with Gasteiger partial charge in [-0.1, -0.05) is 17.7 Å². The van der Waals surface area contributed by atoms with Crippen LogP contribution in [0.4, 0.5) is 5.69 Å². The first-order valence-electron chi connectivity index (χ1n) is 4.71. The average Bonchev–Trinajstić information content (AvgIpc) is 1.99. The van der Waals surface area contributed by atoms with Crippen molar-refractivity contribution in [3.05, 3.63) is 29.3 Å². The number of nitrogens with one attached hydrogen (secondary N) is 2. The second kappa shape index (κ2) is 4.81. The fourth-order valence-electron chi connectivity index (χ4n) is 1.07. The summed E-state index contributed by atoms with van der Waals surface area (Å²) in [5.41, 5.74) is 0.854. The number of anilines is 1. The molecule has 0 aliphatic heterocycles. The minimum Gasteiger partial charge on any atom is -0.358 e. The number of halogens is 1. The average molecular weight is 243 g/mol. The zero-order chi connectivity index (χ0) is 11.5. The molecule has 0 saturated carbocycles. The van der Waals surface area contributed by atoms with Crippen LogP contribution in [0.1, 0.15) is 20.8 Å². The molecule has 1 aromatic rings. The lowest BCUT2D eigenvalue weighted by Crippen LogP contribution is -2.42. The van der Waals surface area contributed by atoms with Gasteiger partial charge in [-0.2, -0.15) is 0 Å². The molecule has 0 spiro atoms. The van der Waals surface area contributed by atoms with Crippen LogP contribution in [0.25, 0.3) is 0 Å². The molecular weight excluding hydrogens is 228 g/mol. The zero-order valence-corrected chi connectivity index (χ0v) is 10.7. The topological polar surface area (TPSA) is 24.1 Å². The summed E-state index contributed by atoms with van der Waals surface area (Å²) < 4.78 is 0. The van der Waals surface area contributed by atoms with Gasteiger partial charge in [-0.25, -0.2) is 0 Å². The quantitative estimate of drug-likeness (QED) is 0.738. The van der Waals surface area contributed by atoms with E-state index in [1.807, 2.05) is 24.3 Å². The van der Waals surface area contributed by atoms with Crippen LogP contribution in [0.2, 0.25) is 5.02 Å². The number of rotatable bonds is 1. The zero-order valence-electron chi connectivity index (χ0n) is 9.10. The molecule has 0 saturated heterocycles. The van der Waals surface area contributed by atoms with Crippen molar-refractivity contribution in [2.45, 2.75) is 26.3 Å². The largest absolute Gasteiger partial charge is 0.358 e. The Kier molecular flexibility index (Phi) is 3.94. The second-order valence-electron chi connectivity index (χ2n) is 4.34. The van der Waals surface area contributed by atoms with Crippen molar-refractivity contribution in [2.75, 3.05) is 5.32 Å². The highest BCUT2D eigenvalue weighted by molar-refractivity contribution is 7.80. The van der Waals surface area contributed by atoms with Gasteiger partial charge in [0.05, 0.1) is 0 Å². The first-order chi connectivity index (χ1) is 6.87. The Morgan fingerprint density at radius 2 is 2.00 bits per heavy atom. The maximum Gasteiger partial charge on any atom is 0.171 e. The Labute approximate surface area is 101 Å². The van der Waals surface area contributed by atoms with E-state index in [0.717, 1.165) is 5.69 Å². The lowest BCUT2D eigenvalue weighted by Gasteiger charge is -2.23. The third-order valence-corrected chi connectivity index (χ3v) is 2.01. The van der Waals surface area contributed by atoms with Crippen LogP contribution in [0.3, 0.4) is 0 Å². The third-order valence-electron chi connectivity index (χ3n) is 1.57. The van der Waals surface area contributed by atoms with Gasteiger partial charge in [-0.05, 0) is 51.2 Å². The molecule has 15 heavy (non-hydrogen) atoms. The van der Waals surface area contributed by atoms with Crippen LogP contribution in [-0.4, -0.2) is 10.7 Å². The summed E-state index contributed by atoms with van der Waals surface area (Å²) in [7, 11) is 0. The molecule has 0 heterocycles. The molecule has 0 bridgehead atoms.